The zero-order chi connectivity index (χ0) is 22.9. The zero-order valence-electron chi connectivity index (χ0n) is 16.3. The summed E-state index contributed by atoms with van der Waals surface area (Å²) in [4.78, 5) is 25.4. The number of hydrogen-bond acceptors (Lipinski definition) is 5. The first-order valence-corrected chi connectivity index (χ1v) is 11.6. The van der Waals surface area contributed by atoms with Crippen LogP contribution in [0.2, 0.25) is 10.0 Å². The molecule has 0 aliphatic carbocycles. The van der Waals surface area contributed by atoms with E-state index in [4.69, 9.17) is 23.2 Å². The third kappa shape index (κ3) is 4.38. The van der Waals surface area contributed by atoms with Crippen molar-refractivity contribution in [1.82, 2.24) is 14.5 Å². The summed E-state index contributed by atoms with van der Waals surface area (Å²) >= 11 is 11.9. The molecule has 32 heavy (non-hydrogen) atoms. The number of hydrogen-bond donors (Lipinski definition) is 1. The molecule has 1 amide bonds. The maximum atomic E-state index is 12.9. The predicted octanol–water partition coefficient (Wildman–Crippen LogP) is 4.24. The van der Waals surface area contributed by atoms with Crippen LogP contribution in [0.4, 0.5) is 4.79 Å². The van der Waals surface area contributed by atoms with E-state index in [0.717, 1.165) is 5.56 Å². The zero-order valence-corrected chi connectivity index (χ0v) is 18.7. The van der Waals surface area contributed by atoms with Crippen molar-refractivity contribution in [3.05, 3.63) is 104 Å². The molecule has 10 heteroatoms. The molecule has 0 atom stereocenters. The first kappa shape index (κ1) is 22.0. The minimum absolute atomic E-state index is 0.0601. The molecule has 0 saturated heterocycles. The van der Waals surface area contributed by atoms with Crippen molar-refractivity contribution in [2.45, 2.75) is 11.3 Å². The second-order valence-electron chi connectivity index (χ2n) is 6.85. The number of carbonyl (C=O) groups excluding carboxylic acids is 1. The summed E-state index contributed by atoms with van der Waals surface area (Å²) in [5, 5.41) is 5.48. The van der Waals surface area contributed by atoms with E-state index in [1.54, 1.807) is 54.6 Å². The lowest BCUT2D eigenvalue weighted by atomic mass is 10.0. The number of rotatable bonds is 4. The van der Waals surface area contributed by atoms with Gasteiger partial charge >= 0.3 is 6.03 Å². The summed E-state index contributed by atoms with van der Waals surface area (Å²) in [6.45, 7) is 0. The molecule has 0 spiro atoms. The summed E-state index contributed by atoms with van der Waals surface area (Å²) in [6.07, 6.45) is 0.294. The van der Waals surface area contributed by atoms with Crippen molar-refractivity contribution in [1.29, 1.82) is 0 Å². The van der Waals surface area contributed by atoms with E-state index in [1.807, 2.05) is 4.72 Å². The van der Waals surface area contributed by atoms with Crippen LogP contribution >= 0.6 is 23.2 Å². The molecule has 7 nitrogen and oxygen atoms in total. The highest BCUT2D eigenvalue weighted by Gasteiger charge is 2.24. The van der Waals surface area contributed by atoms with Gasteiger partial charge in [0.2, 0.25) is 0 Å². The molecule has 0 radical (unpaired) electrons. The second-order valence-corrected chi connectivity index (χ2v) is 9.35. The van der Waals surface area contributed by atoms with Crippen LogP contribution in [0.1, 0.15) is 11.3 Å². The van der Waals surface area contributed by atoms with Gasteiger partial charge in [0.25, 0.3) is 15.6 Å². The molecule has 162 valence electrons. The lowest BCUT2D eigenvalue weighted by Crippen LogP contribution is -2.41. The van der Waals surface area contributed by atoms with Crippen LogP contribution in [0, 0.1) is 0 Å². The summed E-state index contributed by atoms with van der Waals surface area (Å²) in [6, 6.07) is 18.2. The van der Waals surface area contributed by atoms with E-state index in [0.29, 0.717) is 27.2 Å². The van der Waals surface area contributed by atoms with Gasteiger partial charge in [-0.3, -0.25) is 4.79 Å². The minimum atomic E-state index is -4.33. The van der Waals surface area contributed by atoms with Gasteiger partial charge in [-0.15, -0.1) is 4.68 Å². The smallest absolute Gasteiger partial charge is 0.267 e. The van der Waals surface area contributed by atoms with Gasteiger partial charge in [0, 0.05) is 16.8 Å². The highest BCUT2D eigenvalue weighted by molar-refractivity contribution is 7.90. The van der Waals surface area contributed by atoms with Crippen molar-refractivity contribution in [3.63, 3.8) is 0 Å². The molecule has 1 N–H and O–H groups in total. The molecule has 4 aromatic rings. The fourth-order valence-electron chi connectivity index (χ4n) is 3.19. The van der Waals surface area contributed by atoms with Crippen molar-refractivity contribution < 1.29 is 13.2 Å². The summed E-state index contributed by atoms with van der Waals surface area (Å²) < 4.78 is 27.7. The molecule has 1 aromatic heterocycles. The fourth-order valence-corrected chi connectivity index (χ4v) is 4.77. The molecule has 0 bridgehead atoms. The Morgan fingerprint density at radius 1 is 0.906 bits per heavy atom. The van der Waals surface area contributed by atoms with E-state index >= 15 is 0 Å². The third-order valence-electron chi connectivity index (χ3n) is 4.71. The highest BCUT2D eigenvalue weighted by Crippen LogP contribution is 2.21. The molecule has 1 heterocycles. The summed E-state index contributed by atoms with van der Waals surface area (Å²) in [5.41, 5.74) is 0.529. The van der Waals surface area contributed by atoms with Crippen LogP contribution in [-0.2, 0) is 16.4 Å². The molecule has 3 aromatic carbocycles. The Hall–Kier alpha value is -3.20. The van der Waals surface area contributed by atoms with Gasteiger partial charge in [-0.05, 0) is 35.9 Å². The predicted molar refractivity (Wildman–Crippen MR) is 123 cm³/mol. The van der Waals surface area contributed by atoms with Crippen molar-refractivity contribution in [2.75, 3.05) is 0 Å². The third-order valence-corrected chi connectivity index (χ3v) is 6.78. The summed E-state index contributed by atoms with van der Waals surface area (Å²) in [5.74, 6) is 0. The van der Waals surface area contributed by atoms with Gasteiger partial charge < -0.3 is 0 Å². The van der Waals surface area contributed by atoms with Gasteiger partial charge in [-0.1, -0.05) is 65.7 Å². The average molecular weight is 488 g/mol. The molecular weight excluding hydrogens is 473 g/mol. The Morgan fingerprint density at radius 2 is 1.53 bits per heavy atom. The van der Waals surface area contributed by atoms with Crippen LogP contribution in [-0.4, -0.2) is 24.2 Å². The number of sulfonamides is 1. The largest absolute Gasteiger partial charge is 0.359 e. The number of amides is 1. The lowest BCUT2D eigenvalue weighted by molar-refractivity contribution is 0.243. The Morgan fingerprint density at radius 3 is 2.22 bits per heavy atom. The van der Waals surface area contributed by atoms with E-state index in [9.17, 15) is 18.0 Å². The van der Waals surface area contributed by atoms with E-state index in [1.165, 1.54) is 18.2 Å². The maximum Gasteiger partial charge on any atom is 0.359 e. The number of nitrogens with one attached hydrogen (secondary N) is 1. The maximum absolute atomic E-state index is 12.9. The van der Waals surface area contributed by atoms with Gasteiger partial charge in [0.1, 0.15) is 4.90 Å². The number of benzene rings is 3. The number of halogens is 2. The standard InChI is InChI=1S/C22H15Cl2N3O4S/c23-15-11-9-14(10-12-15)13-19-16-5-1-2-6-17(16)21(28)27(25-19)22(29)26-32(30,31)20-8-4-3-7-18(20)24/h1-12H,13H2,(H,26,29). The van der Waals surface area contributed by atoms with Crippen LogP contribution in [0.25, 0.3) is 10.8 Å². The quantitative estimate of drug-likeness (QED) is 0.464. The SMILES string of the molecule is O=C(NS(=O)(=O)c1ccccc1Cl)n1nc(Cc2ccc(Cl)cc2)c2ccccc2c1=O. The van der Waals surface area contributed by atoms with Crippen molar-refractivity contribution >= 4 is 50.0 Å². The molecule has 0 saturated carbocycles. The second kappa shape index (κ2) is 8.74. The molecule has 0 fully saturated rings. The number of aromatic nitrogens is 2. The Kier molecular flexibility index (Phi) is 6.01. The topological polar surface area (TPSA) is 98.1 Å². The van der Waals surface area contributed by atoms with Crippen LogP contribution < -0.4 is 10.3 Å². The van der Waals surface area contributed by atoms with E-state index in [2.05, 4.69) is 5.10 Å². The normalized spacial score (nSPS) is 11.4. The Labute approximate surface area is 193 Å². The monoisotopic (exact) mass is 487 g/mol. The Balaban J connectivity index is 1.78. The Bertz CT molecular complexity index is 1500. The fraction of sp³-hybridized carbons (Fsp3) is 0.0455. The van der Waals surface area contributed by atoms with E-state index in [-0.39, 0.29) is 15.3 Å². The first-order chi connectivity index (χ1) is 15.3. The van der Waals surface area contributed by atoms with Crippen molar-refractivity contribution in [3.8, 4) is 0 Å². The lowest BCUT2D eigenvalue weighted by Gasteiger charge is -2.12. The molecule has 0 unspecified atom stereocenters. The van der Waals surface area contributed by atoms with Gasteiger partial charge in [-0.25, -0.2) is 17.9 Å². The number of fused-ring (bicyclic) bond motifs is 1. The van der Waals surface area contributed by atoms with Gasteiger partial charge in [0.05, 0.1) is 16.1 Å². The van der Waals surface area contributed by atoms with Gasteiger partial charge in [-0.2, -0.15) is 5.10 Å². The van der Waals surface area contributed by atoms with Gasteiger partial charge in [0.15, 0.2) is 0 Å². The van der Waals surface area contributed by atoms with Crippen LogP contribution in [0.5, 0.6) is 0 Å². The highest BCUT2D eigenvalue weighted by atomic mass is 35.5. The molecular formula is C22H15Cl2N3O4S. The van der Waals surface area contributed by atoms with Crippen LogP contribution in [0.15, 0.2) is 82.5 Å². The summed E-state index contributed by atoms with van der Waals surface area (Å²) in [7, 11) is -4.33. The molecule has 0 aliphatic heterocycles. The minimum Gasteiger partial charge on any atom is -0.267 e. The van der Waals surface area contributed by atoms with Crippen molar-refractivity contribution in [2.24, 2.45) is 0 Å². The number of carbonyl (C=O) groups is 1. The number of nitrogens with zero attached hydrogens (tertiary/aromatic N) is 2. The molecule has 4 rings (SSSR count). The van der Waals surface area contributed by atoms with Crippen LogP contribution in [0.3, 0.4) is 0 Å². The van der Waals surface area contributed by atoms with E-state index < -0.39 is 21.6 Å². The average Bonchev–Trinajstić information content (AvgIpc) is 2.77. The first-order valence-electron chi connectivity index (χ1n) is 9.33. The molecule has 0 aliphatic rings.